The molecule has 2 aromatic carbocycles. The van der Waals surface area contributed by atoms with Crippen LogP contribution in [0.5, 0.6) is 11.5 Å². The summed E-state index contributed by atoms with van der Waals surface area (Å²) >= 11 is 0. The molecular formula is C21H25NO3. The minimum atomic E-state index is 0.0729. The van der Waals surface area contributed by atoms with Crippen molar-refractivity contribution in [2.45, 2.75) is 38.0 Å². The first kappa shape index (κ1) is 17.3. The monoisotopic (exact) mass is 339 g/mol. The molecule has 0 radical (unpaired) electrons. The summed E-state index contributed by atoms with van der Waals surface area (Å²) in [6.45, 7) is 3.52. The molecule has 3 rings (SSSR count). The van der Waals surface area contributed by atoms with Crippen LogP contribution in [0.15, 0.2) is 48.5 Å². The van der Waals surface area contributed by atoms with Gasteiger partial charge in [0, 0.05) is 25.6 Å². The third-order valence-corrected chi connectivity index (χ3v) is 5.15. The number of nitrogens with zero attached hydrogens (tertiary/aromatic N) is 1. The van der Waals surface area contributed by atoms with Crippen LogP contribution in [0.25, 0.3) is 0 Å². The number of phenolic OH excluding ortho intramolecular Hbond substituents is 2. The highest BCUT2D eigenvalue weighted by atomic mass is 16.3. The maximum atomic E-state index is 12.6. The van der Waals surface area contributed by atoms with Gasteiger partial charge in [-0.15, -0.1) is 0 Å². The van der Waals surface area contributed by atoms with Crippen molar-refractivity contribution in [3.05, 3.63) is 59.7 Å². The molecule has 1 amide bonds. The number of carbonyl (C=O) groups excluding carboxylic acids is 1. The van der Waals surface area contributed by atoms with E-state index in [0.29, 0.717) is 19.5 Å². The molecule has 132 valence electrons. The Kier molecular flexibility index (Phi) is 5.27. The van der Waals surface area contributed by atoms with Gasteiger partial charge in [0.15, 0.2) is 0 Å². The van der Waals surface area contributed by atoms with E-state index in [2.05, 4.69) is 19.1 Å². The zero-order valence-corrected chi connectivity index (χ0v) is 14.6. The fraction of sp³-hybridized carbons (Fsp3) is 0.381. The number of phenols is 2. The van der Waals surface area contributed by atoms with Gasteiger partial charge >= 0.3 is 0 Å². The largest absolute Gasteiger partial charge is 0.508 e. The maximum Gasteiger partial charge on any atom is 0.223 e. The van der Waals surface area contributed by atoms with Crippen LogP contribution < -0.4 is 0 Å². The fourth-order valence-corrected chi connectivity index (χ4v) is 3.61. The normalized spacial score (nSPS) is 16.6. The number of amides is 1. The second-order valence-electron chi connectivity index (χ2n) is 6.91. The minimum absolute atomic E-state index is 0.0729. The number of rotatable bonds is 4. The van der Waals surface area contributed by atoms with E-state index in [9.17, 15) is 15.0 Å². The lowest BCUT2D eigenvalue weighted by molar-refractivity contribution is -0.132. The Morgan fingerprint density at radius 1 is 1.12 bits per heavy atom. The Morgan fingerprint density at radius 2 is 1.80 bits per heavy atom. The van der Waals surface area contributed by atoms with Crippen molar-refractivity contribution in [3.8, 4) is 11.5 Å². The highest BCUT2D eigenvalue weighted by Gasteiger charge is 2.26. The van der Waals surface area contributed by atoms with Gasteiger partial charge in [-0.1, -0.05) is 43.3 Å². The second-order valence-corrected chi connectivity index (χ2v) is 6.91. The quantitative estimate of drug-likeness (QED) is 0.885. The molecular weight excluding hydrogens is 314 g/mol. The number of hydrogen-bond donors (Lipinski definition) is 2. The molecule has 4 heteroatoms. The average molecular weight is 339 g/mol. The summed E-state index contributed by atoms with van der Waals surface area (Å²) in [5.74, 6) is 0.861. The summed E-state index contributed by atoms with van der Waals surface area (Å²) in [6.07, 6.45) is 2.20. The Labute approximate surface area is 148 Å². The molecule has 25 heavy (non-hydrogen) atoms. The predicted octanol–water partition coefficient (Wildman–Crippen LogP) is 4.00. The van der Waals surface area contributed by atoms with Crippen LogP contribution in [0, 0.1) is 0 Å². The smallest absolute Gasteiger partial charge is 0.223 e. The predicted molar refractivity (Wildman–Crippen MR) is 97.8 cm³/mol. The summed E-state index contributed by atoms with van der Waals surface area (Å²) in [4.78, 5) is 14.5. The van der Waals surface area contributed by atoms with E-state index in [1.807, 2.05) is 23.1 Å². The highest BCUT2D eigenvalue weighted by molar-refractivity contribution is 5.77. The first-order valence-corrected chi connectivity index (χ1v) is 8.89. The first-order chi connectivity index (χ1) is 12.0. The molecule has 2 aromatic rings. The molecule has 0 unspecified atom stereocenters. The molecule has 1 aliphatic heterocycles. The molecule has 1 atom stereocenters. The van der Waals surface area contributed by atoms with Gasteiger partial charge in [0.2, 0.25) is 5.91 Å². The molecule has 1 fully saturated rings. The topological polar surface area (TPSA) is 60.8 Å². The van der Waals surface area contributed by atoms with Gasteiger partial charge < -0.3 is 15.1 Å². The molecule has 0 saturated carbocycles. The summed E-state index contributed by atoms with van der Waals surface area (Å²) in [5, 5.41) is 19.4. The van der Waals surface area contributed by atoms with Gasteiger partial charge in [-0.25, -0.2) is 0 Å². The van der Waals surface area contributed by atoms with Crippen molar-refractivity contribution in [2.24, 2.45) is 0 Å². The first-order valence-electron chi connectivity index (χ1n) is 8.89. The van der Waals surface area contributed by atoms with Crippen LogP contribution in [0.1, 0.15) is 49.1 Å². The van der Waals surface area contributed by atoms with Crippen molar-refractivity contribution in [1.82, 2.24) is 4.90 Å². The SMILES string of the molecule is C[C@H](CC(=O)N1CCC(c2ccc(O)cc2O)CC1)c1ccccc1. The van der Waals surface area contributed by atoms with Gasteiger partial charge in [-0.2, -0.15) is 0 Å². The number of likely N-dealkylation sites (tertiary alicyclic amines) is 1. The van der Waals surface area contributed by atoms with Crippen molar-refractivity contribution < 1.29 is 15.0 Å². The molecule has 4 nitrogen and oxygen atoms in total. The number of piperidine rings is 1. The van der Waals surface area contributed by atoms with E-state index in [4.69, 9.17) is 0 Å². The molecule has 2 N–H and O–H groups in total. The lowest BCUT2D eigenvalue weighted by Gasteiger charge is -2.33. The standard InChI is InChI=1S/C21H25NO3/c1-15(16-5-3-2-4-6-16)13-21(25)22-11-9-17(10-12-22)19-8-7-18(23)14-20(19)24/h2-8,14-15,17,23-24H,9-13H2,1H3/t15-/m1/s1. The third kappa shape index (κ3) is 4.13. The van der Waals surface area contributed by atoms with Gasteiger partial charge in [-0.3, -0.25) is 4.79 Å². The van der Waals surface area contributed by atoms with E-state index in [0.717, 1.165) is 18.4 Å². The van der Waals surface area contributed by atoms with Crippen LogP contribution in [0.3, 0.4) is 0 Å². The average Bonchev–Trinajstić information content (AvgIpc) is 2.62. The molecule has 1 aliphatic rings. The molecule has 0 spiro atoms. The Balaban J connectivity index is 1.56. The van der Waals surface area contributed by atoms with Crippen LogP contribution in [0.2, 0.25) is 0 Å². The Hall–Kier alpha value is -2.49. The van der Waals surface area contributed by atoms with E-state index in [1.54, 1.807) is 12.1 Å². The van der Waals surface area contributed by atoms with E-state index >= 15 is 0 Å². The van der Waals surface area contributed by atoms with E-state index < -0.39 is 0 Å². The van der Waals surface area contributed by atoms with Crippen LogP contribution in [-0.2, 0) is 4.79 Å². The molecule has 0 bridgehead atoms. The molecule has 1 saturated heterocycles. The summed E-state index contributed by atoms with van der Waals surface area (Å²) in [5.41, 5.74) is 2.06. The number of aromatic hydroxyl groups is 2. The zero-order chi connectivity index (χ0) is 17.8. The number of benzene rings is 2. The van der Waals surface area contributed by atoms with E-state index in [1.165, 1.54) is 11.6 Å². The van der Waals surface area contributed by atoms with Crippen molar-refractivity contribution >= 4 is 5.91 Å². The highest BCUT2D eigenvalue weighted by Crippen LogP contribution is 2.35. The lowest BCUT2D eigenvalue weighted by atomic mass is 9.88. The zero-order valence-electron chi connectivity index (χ0n) is 14.6. The van der Waals surface area contributed by atoms with Gasteiger partial charge in [0.1, 0.15) is 11.5 Å². The van der Waals surface area contributed by atoms with Crippen LogP contribution in [-0.4, -0.2) is 34.1 Å². The number of carbonyl (C=O) groups is 1. The van der Waals surface area contributed by atoms with Crippen LogP contribution in [0.4, 0.5) is 0 Å². The lowest BCUT2D eigenvalue weighted by Crippen LogP contribution is -2.38. The second kappa shape index (κ2) is 7.60. The van der Waals surface area contributed by atoms with Crippen molar-refractivity contribution in [2.75, 3.05) is 13.1 Å². The van der Waals surface area contributed by atoms with Gasteiger partial charge in [0.25, 0.3) is 0 Å². The Morgan fingerprint density at radius 3 is 2.44 bits per heavy atom. The van der Waals surface area contributed by atoms with Gasteiger partial charge in [0.05, 0.1) is 0 Å². The molecule has 0 aromatic heterocycles. The summed E-state index contributed by atoms with van der Waals surface area (Å²) < 4.78 is 0. The minimum Gasteiger partial charge on any atom is -0.508 e. The summed E-state index contributed by atoms with van der Waals surface area (Å²) in [6, 6.07) is 14.9. The maximum absolute atomic E-state index is 12.6. The molecule has 0 aliphatic carbocycles. The fourth-order valence-electron chi connectivity index (χ4n) is 3.61. The van der Waals surface area contributed by atoms with E-state index in [-0.39, 0.29) is 29.2 Å². The third-order valence-electron chi connectivity index (χ3n) is 5.15. The molecule has 1 heterocycles. The van der Waals surface area contributed by atoms with Gasteiger partial charge in [-0.05, 0) is 41.9 Å². The summed E-state index contributed by atoms with van der Waals surface area (Å²) in [7, 11) is 0. The number of hydrogen-bond acceptors (Lipinski definition) is 3. The van der Waals surface area contributed by atoms with Crippen molar-refractivity contribution in [3.63, 3.8) is 0 Å². The van der Waals surface area contributed by atoms with Crippen LogP contribution >= 0.6 is 0 Å². The van der Waals surface area contributed by atoms with Crippen molar-refractivity contribution in [1.29, 1.82) is 0 Å². The Bertz CT molecular complexity index is 721.